The highest BCUT2D eigenvalue weighted by molar-refractivity contribution is 5.94. The van der Waals surface area contributed by atoms with E-state index in [1.807, 2.05) is 30.3 Å². The van der Waals surface area contributed by atoms with Crippen molar-refractivity contribution < 1.29 is 9.59 Å². The zero-order valence-corrected chi connectivity index (χ0v) is 14.2. The minimum Gasteiger partial charge on any atom is -0.352 e. The van der Waals surface area contributed by atoms with Gasteiger partial charge in [0, 0.05) is 24.2 Å². The van der Waals surface area contributed by atoms with Crippen LogP contribution < -0.4 is 10.6 Å². The topological polar surface area (TPSA) is 58.2 Å². The highest BCUT2D eigenvalue weighted by Crippen LogP contribution is 2.06. The molecule has 0 fully saturated rings. The quantitative estimate of drug-likeness (QED) is 0.820. The van der Waals surface area contributed by atoms with Crippen LogP contribution in [0.2, 0.25) is 0 Å². The summed E-state index contributed by atoms with van der Waals surface area (Å²) in [6, 6.07) is 16.4. The molecule has 0 heterocycles. The summed E-state index contributed by atoms with van der Waals surface area (Å²) in [5.41, 5.74) is 2.23. The Morgan fingerprint density at radius 2 is 1.42 bits per heavy atom. The monoisotopic (exact) mass is 324 g/mol. The van der Waals surface area contributed by atoms with Crippen LogP contribution >= 0.6 is 0 Å². The van der Waals surface area contributed by atoms with Crippen molar-refractivity contribution in [3.8, 4) is 0 Å². The van der Waals surface area contributed by atoms with Gasteiger partial charge in [0.1, 0.15) is 0 Å². The van der Waals surface area contributed by atoms with Gasteiger partial charge in [-0.3, -0.25) is 9.59 Å². The van der Waals surface area contributed by atoms with E-state index < -0.39 is 0 Å². The Hall–Kier alpha value is -2.62. The number of carbonyl (C=O) groups excluding carboxylic acids is 2. The van der Waals surface area contributed by atoms with Crippen molar-refractivity contribution in [3.05, 3.63) is 71.3 Å². The Labute approximate surface area is 143 Å². The van der Waals surface area contributed by atoms with E-state index in [1.54, 1.807) is 24.3 Å². The summed E-state index contributed by atoms with van der Waals surface area (Å²) in [7, 11) is 0. The van der Waals surface area contributed by atoms with Crippen molar-refractivity contribution in [2.45, 2.75) is 26.8 Å². The first-order chi connectivity index (χ1) is 11.6. The lowest BCUT2D eigenvalue weighted by Crippen LogP contribution is -2.25. The van der Waals surface area contributed by atoms with Gasteiger partial charge in [0.05, 0.1) is 0 Å². The second-order valence-corrected chi connectivity index (χ2v) is 6.18. The fourth-order valence-corrected chi connectivity index (χ4v) is 2.22. The Balaban J connectivity index is 1.83. The SMILES string of the molecule is CC(C)CCNC(=O)c1ccc(CNC(=O)c2ccccc2)cc1. The molecule has 0 saturated carbocycles. The van der Waals surface area contributed by atoms with Crippen LogP contribution in [0.3, 0.4) is 0 Å². The van der Waals surface area contributed by atoms with Crippen LogP contribution in [0.5, 0.6) is 0 Å². The maximum absolute atomic E-state index is 12.0. The van der Waals surface area contributed by atoms with Gasteiger partial charge in [0.15, 0.2) is 0 Å². The van der Waals surface area contributed by atoms with Crippen molar-refractivity contribution in [3.63, 3.8) is 0 Å². The number of carbonyl (C=O) groups is 2. The third-order valence-corrected chi connectivity index (χ3v) is 3.71. The second kappa shape index (κ2) is 8.87. The van der Waals surface area contributed by atoms with Gasteiger partial charge < -0.3 is 10.6 Å². The number of nitrogens with one attached hydrogen (secondary N) is 2. The summed E-state index contributed by atoms with van der Waals surface area (Å²) in [6.45, 7) is 5.38. The minimum atomic E-state index is -0.105. The number of benzene rings is 2. The molecule has 126 valence electrons. The Morgan fingerprint density at radius 3 is 2.04 bits per heavy atom. The van der Waals surface area contributed by atoms with Gasteiger partial charge in [-0.15, -0.1) is 0 Å². The first kappa shape index (κ1) is 17.7. The Morgan fingerprint density at radius 1 is 0.833 bits per heavy atom. The van der Waals surface area contributed by atoms with Crippen LogP contribution in [0, 0.1) is 5.92 Å². The predicted octanol–water partition coefficient (Wildman–Crippen LogP) is 3.39. The molecule has 0 radical (unpaired) electrons. The molecule has 2 aromatic carbocycles. The van der Waals surface area contributed by atoms with Crippen molar-refractivity contribution in [2.75, 3.05) is 6.54 Å². The van der Waals surface area contributed by atoms with Crippen LogP contribution in [0.15, 0.2) is 54.6 Å². The number of hydrogen-bond acceptors (Lipinski definition) is 2. The lowest BCUT2D eigenvalue weighted by Gasteiger charge is -2.08. The molecular weight excluding hydrogens is 300 g/mol. The summed E-state index contributed by atoms with van der Waals surface area (Å²) in [6.07, 6.45) is 0.968. The minimum absolute atomic E-state index is 0.0597. The molecule has 0 spiro atoms. The van der Waals surface area contributed by atoms with Crippen molar-refractivity contribution >= 4 is 11.8 Å². The van der Waals surface area contributed by atoms with Gasteiger partial charge in [0.2, 0.25) is 0 Å². The summed E-state index contributed by atoms with van der Waals surface area (Å²) in [4.78, 5) is 24.0. The largest absolute Gasteiger partial charge is 0.352 e. The van der Waals surface area contributed by atoms with E-state index in [9.17, 15) is 9.59 Å². The van der Waals surface area contributed by atoms with E-state index in [1.165, 1.54) is 0 Å². The maximum atomic E-state index is 12.0. The predicted molar refractivity (Wildman–Crippen MR) is 95.8 cm³/mol. The van der Waals surface area contributed by atoms with Crippen molar-refractivity contribution in [1.82, 2.24) is 10.6 Å². The Bertz CT molecular complexity index is 664. The molecule has 24 heavy (non-hydrogen) atoms. The van der Waals surface area contributed by atoms with Crippen LogP contribution in [-0.4, -0.2) is 18.4 Å². The van der Waals surface area contributed by atoms with Crippen molar-refractivity contribution in [1.29, 1.82) is 0 Å². The molecule has 0 unspecified atom stereocenters. The highest BCUT2D eigenvalue weighted by Gasteiger charge is 2.07. The number of amides is 2. The Kier molecular flexibility index (Phi) is 6.55. The first-order valence-electron chi connectivity index (χ1n) is 8.26. The average molecular weight is 324 g/mol. The smallest absolute Gasteiger partial charge is 0.251 e. The number of rotatable bonds is 7. The van der Waals surface area contributed by atoms with Gasteiger partial charge in [-0.25, -0.2) is 0 Å². The molecule has 0 aliphatic rings. The molecule has 0 bridgehead atoms. The van der Waals surface area contributed by atoms with E-state index in [0.717, 1.165) is 12.0 Å². The van der Waals surface area contributed by atoms with Crippen LogP contribution in [0.4, 0.5) is 0 Å². The van der Waals surface area contributed by atoms with E-state index in [2.05, 4.69) is 24.5 Å². The second-order valence-electron chi connectivity index (χ2n) is 6.18. The molecule has 0 saturated heterocycles. The van der Waals surface area contributed by atoms with Gasteiger partial charge in [-0.05, 0) is 42.2 Å². The first-order valence-corrected chi connectivity index (χ1v) is 8.26. The van der Waals surface area contributed by atoms with Crippen molar-refractivity contribution in [2.24, 2.45) is 5.92 Å². The molecule has 0 atom stereocenters. The maximum Gasteiger partial charge on any atom is 0.251 e. The molecule has 4 nitrogen and oxygen atoms in total. The van der Waals surface area contributed by atoms with Gasteiger partial charge in [-0.1, -0.05) is 44.2 Å². The van der Waals surface area contributed by atoms with E-state index >= 15 is 0 Å². The average Bonchev–Trinajstić information content (AvgIpc) is 2.60. The fourth-order valence-electron chi connectivity index (χ4n) is 2.22. The highest BCUT2D eigenvalue weighted by atomic mass is 16.2. The fraction of sp³-hybridized carbons (Fsp3) is 0.300. The zero-order chi connectivity index (χ0) is 17.4. The molecule has 0 aromatic heterocycles. The molecule has 2 N–H and O–H groups in total. The van der Waals surface area contributed by atoms with E-state index in [4.69, 9.17) is 0 Å². The van der Waals surface area contributed by atoms with E-state index in [0.29, 0.717) is 30.1 Å². The normalized spacial score (nSPS) is 10.5. The van der Waals surface area contributed by atoms with Gasteiger partial charge in [0.25, 0.3) is 11.8 Å². The third kappa shape index (κ3) is 5.54. The lowest BCUT2D eigenvalue weighted by atomic mass is 10.1. The van der Waals surface area contributed by atoms with Gasteiger partial charge >= 0.3 is 0 Å². The lowest BCUT2D eigenvalue weighted by molar-refractivity contribution is 0.0942. The molecule has 0 aliphatic carbocycles. The van der Waals surface area contributed by atoms with Crippen LogP contribution in [0.25, 0.3) is 0 Å². The molecule has 4 heteroatoms. The molecule has 2 rings (SSSR count). The standard InChI is InChI=1S/C20H24N2O2/c1-15(2)12-13-21-19(23)18-10-8-16(9-11-18)14-22-20(24)17-6-4-3-5-7-17/h3-11,15H,12-14H2,1-2H3,(H,21,23)(H,22,24). The van der Waals surface area contributed by atoms with Crippen LogP contribution in [-0.2, 0) is 6.54 Å². The molecule has 2 amide bonds. The zero-order valence-electron chi connectivity index (χ0n) is 14.2. The summed E-state index contributed by atoms with van der Waals surface area (Å²) in [5, 5.41) is 5.78. The van der Waals surface area contributed by atoms with Crippen LogP contribution in [0.1, 0.15) is 46.5 Å². The molecule has 2 aromatic rings. The van der Waals surface area contributed by atoms with E-state index in [-0.39, 0.29) is 11.8 Å². The van der Waals surface area contributed by atoms with Gasteiger partial charge in [-0.2, -0.15) is 0 Å². The summed E-state index contributed by atoms with van der Waals surface area (Å²) in [5.74, 6) is 0.405. The third-order valence-electron chi connectivity index (χ3n) is 3.71. The molecule has 0 aliphatic heterocycles. The number of hydrogen-bond donors (Lipinski definition) is 2. The summed E-state index contributed by atoms with van der Waals surface area (Å²) < 4.78 is 0. The summed E-state index contributed by atoms with van der Waals surface area (Å²) >= 11 is 0. The molecular formula is C20H24N2O2.